The molecule has 0 aliphatic rings. The molecule has 0 fully saturated rings. The lowest BCUT2D eigenvalue weighted by Crippen LogP contribution is -2.29. The average Bonchev–Trinajstić information content (AvgIpc) is 2.44. The molecular formula is C16H14BrCl2NO. The summed E-state index contributed by atoms with van der Waals surface area (Å²) in [6.45, 7) is 1.96. The summed E-state index contributed by atoms with van der Waals surface area (Å²) in [6.07, 6.45) is 0. The minimum atomic E-state index is -0.0920. The van der Waals surface area contributed by atoms with Gasteiger partial charge in [-0.3, -0.25) is 4.79 Å². The third kappa shape index (κ3) is 4.00. The van der Waals surface area contributed by atoms with Crippen LogP contribution in [0.5, 0.6) is 0 Å². The van der Waals surface area contributed by atoms with Crippen LogP contribution < -0.4 is 0 Å². The van der Waals surface area contributed by atoms with Crippen molar-refractivity contribution < 1.29 is 4.79 Å². The highest BCUT2D eigenvalue weighted by atomic mass is 79.9. The number of benzene rings is 2. The van der Waals surface area contributed by atoms with Gasteiger partial charge < -0.3 is 4.90 Å². The SMILES string of the molecule is CC(c1cccc(Cl)c1)N(C)C(=O)c1cc(Cl)cc(Br)c1. The van der Waals surface area contributed by atoms with Crippen LogP contribution in [0.2, 0.25) is 10.0 Å². The fourth-order valence-corrected chi connectivity index (χ4v) is 3.11. The van der Waals surface area contributed by atoms with Crippen LogP contribution in [0.15, 0.2) is 46.9 Å². The Morgan fingerprint density at radius 1 is 1.14 bits per heavy atom. The second-order valence-electron chi connectivity index (χ2n) is 4.81. The molecule has 5 heteroatoms. The van der Waals surface area contributed by atoms with Gasteiger partial charge in [0, 0.05) is 27.1 Å². The monoisotopic (exact) mass is 385 g/mol. The minimum absolute atomic E-state index is 0.0889. The summed E-state index contributed by atoms with van der Waals surface area (Å²) in [5.41, 5.74) is 1.53. The maximum atomic E-state index is 12.6. The second-order valence-corrected chi connectivity index (χ2v) is 6.59. The Kier molecular flexibility index (Phi) is 5.31. The number of carbonyl (C=O) groups excluding carboxylic acids is 1. The van der Waals surface area contributed by atoms with E-state index in [-0.39, 0.29) is 11.9 Å². The summed E-state index contributed by atoms with van der Waals surface area (Å²) in [6, 6.07) is 12.6. The topological polar surface area (TPSA) is 20.3 Å². The number of rotatable bonds is 3. The summed E-state index contributed by atoms with van der Waals surface area (Å²) in [4.78, 5) is 14.2. The number of hydrogen-bond acceptors (Lipinski definition) is 1. The molecule has 2 rings (SSSR count). The van der Waals surface area contributed by atoms with E-state index in [0.29, 0.717) is 15.6 Å². The molecule has 0 aromatic heterocycles. The Bertz CT molecular complexity index is 655. The molecule has 1 amide bonds. The smallest absolute Gasteiger partial charge is 0.254 e. The van der Waals surface area contributed by atoms with Gasteiger partial charge >= 0.3 is 0 Å². The highest BCUT2D eigenvalue weighted by Crippen LogP contribution is 2.25. The standard InChI is InChI=1S/C16H14BrCl2NO/c1-10(11-4-3-5-14(18)7-11)20(2)16(21)12-6-13(17)9-15(19)8-12/h3-10H,1-2H3. The Labute approximate surface area is 142 Å². The van der Waals surface area contributed by atoms with E-state index in [2.05, 4.69) is 15.9 Å². The number of halogens is 3. The molecule has 0 aliphatic heterocycles. The Hall–Kier alpha value is -1.03. The largest absolute Gasteiger partial charge is 0.335 e. The van der Waals surface area contributed by atoms with E-state index in [4.69, 9.17) is 23.2 Å². The van der Waals surface area contributed by atoms with Gasteiger partial charge in [-0.05, 0) is 42.8 Å². The average molecular weight is 387 g/mol. The summed E-state index contributed by atoms with van der Waals surface area (Å²) in [5, 5.41) is 1.18. The molecule has 0 spiro atoms. The van der Waals surface area contributed by atoms with Crippen LogP contribution in [0.1, 0.15) is 28.9 Å². The molecule has 110 valence electrons. The molecule has 2 aromatic carbocycles. The highest BCUT2D eigenvalue weighted by Gasteiger charge is 2.19. The lowest BCUT2D eigenvalue weighted by Gasteiger charge is -2.25. The summed E-state index contributed by atoms with van der Waals surface area (Å²) in [7, 11) is 1.77. The van der Waals surface area contributed by atoms with E-state index in [9.17, 15) is 4.79 Å². The Morgan fingerprint density at radius 3 is 2.48 bits per heavy atom. The van der Waals surface area contributed by atoms with E-state index in [0.717, 1.165) is 10.0 Å². The lowest BCUT2D eigenvalue weighted by atomic mass is 10.1. The highest BCUT2D eigenvalue weighted by molar-refractivity contribution is 9.10. The minimum Gasteiger partial charge on any atom is -0.335 e. The first-order valence-electron chi connectivity index (χ1n) is 6.37. The van der Waals surface area contributed by atoms with Crippen LogP contribution in [0, 0.1) is 0 Å². The number of amides is 1. The van der Waals surface area contributed by atoms with E-state index in [1.807, 2.05) is 31.2 Å². The molecule has 1 unspecified atom stereocenters. The Morgan fingerprint density at radius 2 is 1.86 bits per heavy atom. The number of nitrogens with zero attached hydrogens (tertiary/aromatic N) is 1. The van der Waals surface area contributed by atoms with Gasteiger partial charge in [-0.25, -0.2) is 0 Å². The molecule has 0 aliphatic carbocycles. The van der Waals surface area contributed by atoms with E-state index in [1.54, 1.807) is 30.1 Å². The van der Waals surface area contributed by atoms with E-state index in [1.165, 1.54) is 0 Å². The van der Waals surface area contributed by atoms with Crippen LogP contribution >= 0.6 is 39.1 Å². The van der Waals surface area contributed by atoms with Gasteiger partial charge in [0.05, 0.1) is 6.04 Å². The number of hydrogen-bond donors (Lipinski definition) is 0. The molecule has 0 heterocycles. The van der Waals surface area contributed by atoms with Gasteiger partial charge in [0.2, 0.25) is 0 Å². The van der Waals surface area contributed by atoms with Crippen molar-refractivity contribution in [3.8, 4) is 0 Å². The van der Waals surface area contributed by atoms with Crippen LogP contribution in [0.25, 0.3) is 0 Å². The van der Waals surface area contributed by atoms with Crippen molar-refractivity contribution in [2.24, 2.45) is 0 Å². The van der Waals surface area contributed by atoms with Crippen molar-refractivity contribution in [3.63, 3.8) is 0 Å². The molecule has 0 N–H and O–H groups in total. The van der Waals surface area contributed by atoms with Gasteiger partial charge in [0.1, 0.15) is 0 Å². The van der Waals surface area contributed by atoms with Crippen molar-refractivity contribution >= 4 is 45.0 Å². The Balaban J connectivity index is 2.26. The third-order valence-electron chi connectivity index (χ3n) is 3.34. The van der Waals surface area contributed by atoms with Gasteiger partial charge in [0.25, 0.3) is 5.91 Å². The van der Waals surface area contributed by atoms with Crippen molar-refractivity contribution in [1.82, 2.24) is 4.90 Å². The molecule has 0 radical (unpaired) electrons. The lowest BCUT2D eigenvalue weighted by molar-refractivity contribution is 0.0742. The van der Waals surface area contributed by atoms with Gasteiger partial charge in [-0.15, -0.1) is 0 Å². The van der Waals surface area contributed by atoms with Gasteiger partial charge in [-0.1, -0.05) is 51.3 Å². The van der Waals surface area contributed by atoms with Crippen molar-refractivity contribution in [2.75, 3.05) is 7.05 Å². The van der Waals surface area contributed by atoms with Gasteiger partial charge in [-0.2, -0.15) is 0 Å². The molecule has 0 saturated carbocycles. The first kappa shape index (κ1) is 16.3. The second kappa shape index (κ2) is 6.82. The van der Waals surface area contributed by atoms with Crippen LogP contribution in [-0.2, 0) is 0 Å². The molecule has 21 heavy (non-hydrogen) atoms. The zero-order chi connectivity index (χ0) is 15.6. The van der Waals surface area contributed by atoms with Crippen molar-refractivity contribution in [1.29, 1.82) is 0 Å². The first-order chi connectivity index (χ1) is 9.88. The third-order valence-corrected chi connectivity index (χ3v) is 4.25. The zero-order valence-corrected chi connectivity index (χ0v) is 14.7. The predicted octanol–water partition coefficient (Wildman–Crippen LogP) is 5.59. The summed E-state index contributed by atoms with van der Waals surface area (Å²) >= 11 is 15.4. The van der Waals surface area contributed by atoms with Crippen molar-refractivity contribution in [2.45, 2.75) is 13.0 Å². The molecule has 0 saturated heterocycles. The molecular weight excluding hydrogens is 373 g/mol. The van der Waals surface area contributed by atoms with Crippen LogP contribution in [0.4, 0.5) is 0 Å². The van der Waals surface area contributed by atoms with Crippen LogP contribution in [0.3, 0.4) is 0 Å². The summed E-state index contributed by atoms with van der Waals surface area (Å²) in [5.74, 6) is -0.0920. The normalized spacial score (nSPS) is 12.0. The molecule has 0 bridgehead atoms. The zero-order valence-electron chi connectivity index (χ0n) is 11.6. The van der Waals surface area contributed by atoms with Crippen LogP contribution in [-0.4, -0.2) is 17.9 Å². The molecule has 1 atom stereocenters. The fraction of sp³-hybridized carbons (Fsp3) is 0.188. The van der Waals surface area contributed by atoms with E-state index >= 15 is 0 Å². The fourth-order valence-electron chi connectivity index (χ4n) is 2.05. The molecule has 2 nitrogen and oxygen atoms in total. The summed E-state index contributed by atoms with van der Waals surface area (Å²) < 4.78 is 0.780. The predicted molar refractivity (Wildman–Crippen MR) is 91.1 cm³/mol. The van der Waals surface area contributed by atoms with Gasteiger partial charge in [0.15, 0.2) is 0 Å². The maximum Gasteiger partial charge on any atom is 0.254 e. The quantitative estimate of drug-likeness (QED) is 0.673. The van der Waals surface area contributed by atoms with Crippen molar-refractivity contribution in [3.05, 3.63) is 68.1 Å². The van der Waals surface area contributed by atoms with E-state index < -0.39 is 0 Å². The first-order valence-corrected chi connectivity index (χ1v) is 7.92. The molecule has 2 aromatic rings. The number of carbonyl (C=O) groups is 1. The maximum absolute atomic E-state index is 12.6.